The first-order chi connectivity index (χ1) is 8.59. The average molecular weight is 298 g/mol. The highest BCUT2D eigenvalue weighted by atomic mass is 35.5. The van der Waals surface area contributed by atoms with E-state index in [-0.39, 0.29) is 0 Å². The van der Waals surface area contributed by atoms with Crippen molar-refractivity contribution in [1.29, 1.82) is 0 Å². The first-order valence-corrected chi connectivity index (χ1v) is 6.84. The summed E-state index contributed by atoms with van der Waals surface area (Å²) >= 11 is 13.6. The van der Waals surface area contributed by atoms with Crippen LogP contribution in [0.15, 0.2) is 18.2 Å². The van der Waals surface area contributed by atoms with Gasteiger partial charge in [-0.15, -0.1) is 0 Å². The molecule has 3 aromatic rings. The standard InChI is InChI=1S/C12H9Cl2N3S/c1-6-3-4-7(2)17(6)12-9(14)5-8(13)10-11(12)16-18-15-10/h3-5H,1-2H3. The Morgan fingerprint density at radius 3 is 2.28 bits per heavy atom. The molecule has 0 unspecified atom stereocenters. The van der Waals surface area contributed by atoms with E-state index < -0.39 is 0 Å². The van der Waals surface area contributed by atoms with Crippen LogP contribution in [0.1, 0.15) is 11.4 Å². The Balaban J connectivity index is 2.46. The summed E-state index contributed by atoms with van der Waals surface area (Å²) in [5.41, 5.74) is 4.51. The lowest BCUT2D eigenvalue weighted by molar-refractivity contribution is 0.972. The second-order valence-electron chi connectivity index (χ2n) is 4.10. The molecule has 2 heterocycles. The Morgan fingerprint density at radius 2 is 1.61 bits per heavy atom. The van der Waals surface area contributed by atoms with Crippen molar-refractivity contribution in [3.8, 4) is 5.69 Å². The molecule has 0 spiro atoms. The molecule has 0 fully saturated rings. The van der Waals surface area contributed by atoms with Gasteiger partial charge in [-0.3, -0.25) is 0 Å². The van der Waals surface area contributed by atoms with Crippen molar-refractivity contribution >= 4 is 46.0 Å². The third-order valence-corrected chi connectivity index (χ3v) is 4.02. The van der Waals surface area contributed by atoms with Crippen LogP contribution in [0.5, 0.6) is 0 Å². The summed E-state index contributed by atoms with van der Waals surface area (Å²) in [6.07, 6.45) is 0. The summed E-state index contributed by atoms with van der Waals surface area (Å²) in [6.45, 7) is 4.06. The van der Waals surface area contributed by atoms with E-state index in [1.807, 2.05) is 26.0 Å². The zero-order chi connectivity index (χ0) is 12.9. The van der Waals surface area contributed by atoms with Crippen molar-refractivity contribution in [3.63, 3.8) is 0 Å². The van der Waals surface area contributed by atoms with Crippen LogP contribution in [0, 0.1) is 13.8 Å². The fourth-order valence-electron chi connectivity index (χ4n) is 2.10. The quantitative estimate of drug-likeness (QED) is 0.666. The molecule has 1 aromatic carbocycles. The number of rotatable bonds is 1. The van der Waals surface area contributed by atoms with Crippen molar-refractivity contribution in [2.75, 3.05) is 0 Å². The molecule has 3 rings (SSSR count). The third-order valence-electron chi connectivity index (χ3n) is 2.91. The molecular formula is C12H9Cl2N3S. The highest BCUT2D eigenvalue weighted by Crippen LogP contribution is 2.35. The molecular weight excluding hydrogens is 289 g/mol. The van der Waals surface area contributed by atoms with Gasteiger partial charge in [0.05, 0.1) is 27.5 Å². The number of hydrogen-bond donors (Lipinski definition) is 0. The zero-order valence-corrected chi connectivity index (χ0v) is 12.1. The lowest BCUT2D eigenvalue weighted by Crippen LogP contribution is -2.01. The van der Waals surface area contributed by atoms with Crippen LogP contribution in [0.25, 0.3) is 16.7 Å². The average Bonchev–Trinajstić information content (AvgIpc) is 2.90. The van der Waals surface area contributed by atoms with E-state index >= 15 is 0 Å². The number of aryl methyl sites for hydroxylation is 2. The van der Waals surface area contributed by atoms with Crippen molar-refractivity contribution < 1.29 is 0 Å². The fraction of sp³-hybridized carbons (Fsp3) is 0.167. The Bertz CT molecular complexity index is 726. The molecule has 0 aliphatic rings. The predicted molar refractivity (Wildman–Crippen MR) is 76.2 cm³/mol. The minimum absolute atomic E-state index is 0.537. The molecule has 0 bridgehead atoms. The van der Waals surface area contributed by atoms with Crippen LogP contribution in [0.4, 0.5) is 0 Å². The van der Waals surface area contributed by atoms with E-state index in [1.165, 1.54) is 0 Å². The van der Waals surface area contributed by atoms with E-state index in [2.05, 4.69) is 13.3 Å². The van der Waals surface area contributed by atoms with Gasteiger partial charge in [0.1, 0.15) is 11.0 Å². The maximum atomic E-state index is 6.33. The summed E-state index contributed by atoms with van der Waals surface area (Å²) < 4.78 is 10.6. The molecule has 0 N–H and O–H groups in total. The van der Waals surface area contributed by atoms with Crippen molar-refractivity contribution in [1.82, 2.24) is 13.3 Å². The van der Waals surface area contributed by atoms with Gasteiger partial charge in [0.2, 0.25) is 0 Å². The molecule has 0 atom stereocenters. The predicted octanol–water partition coefficient (Wildman–Crippen LogP) is 4.41. The van der Waals surface area contributed by atoms with Crippen LogP contribution in [0.3, 0.4) is 0 Å². The second kappa shape index (κ2) is 4.23. The number of fused-ring (bicyclic) bond motifs is 1. The van der Waals surface area contributed by atoms with Gasteiger partial charge >= 0.3 is 0 Å². The van der Waals surface area contributed by atoms with Gasteiger partial charge in [-0.05, 0) is 32.0 Å². The SMILES string of the molecule is Cc1ccc(C)n1-c1c(Cl)cc(Cl)c2nsnc12. The molecule has 2 aromatic heterocycles. The van der Waals surface area contributed by atoms with Gasteiger partial charge in [0.15, 0.2) is 0 Å². The smallest absolute Gasteiger partial charge is 0.131 e. The Kier molecular flexibility index (Phi) is 2.81. The summed E-state index contributed by atoms with van der Waals surface area (Å²) in [6, 6.07) is 5.82. The molecule has 0 aliphatic carbocycles. The Labute approximate surface area is 118 Å². The number of aromatic nitrogens is 3. The third kappa shape index (κ3) is 1.64. The second-order valence-corrected chi connectivity index (χ2v) is 5.44. The number of halogens is 2. The van der Waals surface area contributed by atoms with Crippen LogP contribution >= 0.6 is 34.9 Å². The number of nitrogens with zero attached hydrogens (tertiary/aromatic N) is 3. The molecule has 0 amide bonds. The normalized spacial score (nSPS) is 11.3. The number of benzene rings is 1. The van der Waals surface area contributed by atoms with Crippen molar-refractivity contribution in [3.05, 3.63) is 39.6 Å². The molecule has 18 heavy (non-hydrogen) atoms. The van der Waals surface area contributed by atoms with Crippen LogP contribution in [-0.2, 0) is 0 Å². The highest BCUT2D eigenvalue weighted by molar-refractivity contribution is 7.00. The molecule has 6 heteroatoms. The maximum Gasteiger partial charge on any atom is 0.131 e. The number of hydrogen-bond acceptors (Lipinski definition) is 3. The van der Waals surface area contributed by atoms with Gasteiger partial charge in [0.25, 0.3) is 0 Å². The minimum Gasteiger partial charge on any atom is -0.315 e. The Morgan fingerprint density at radius 1 is 1.00 bits per heavy atom. The van der Waals surface area contributed by atoms with Gasteiger partial charge in [-0.2, -0.15) is 8.75 Å². The lowest BCUT2D eigenvalue weighted by Gasteiger charge is -2.12. The van der Waals surface area contributed by atoms with Crippen LogP contribution < -0.4 is 0 Å². The first kappa shape index (κ1) is 12.0. The largest absolute Gasteiger partial charge is 0.315 e. The van der Waals surface area contributed by atoms with Crippen LogP contribution in [0.2, 0.25) is 10.0 Å². The highest BCUT2D eigenvalue weighted by Gasteiger charge is 2.17. The molecule has 92 valence electrons. The van der Waals surface area contributed by atoms with Gasteiger partial charge in [-0.25, -0.2) is 0 Å². The fourth-order valence-corrected chi connectivity index (χ4v) is 3.29. The van der Waals surface area contributed by atoms with E-state index in [0.29, 0.717) is 15.6 Å². The van der Waals surface area contributed by atoms with E-state index in [1.54, 1.807) is 6.07 Å². The zero-order valence-electron chi connectivity index (χ0n) is 9.74. The lowest BCUT2D eigenvalue weighted by atomic mass is 10.2. The topological polar surface area (TPSA) is 30.7 Å². The van der Waals surface area contributed by atoms with Crippen molar-refractivity contribution in [2.24, 2.45) is 0 Å². The molecule has 0 radical (unpaired) electrons. The maximum absolute atomic E-state index is 6.33. The van der Waals surface area contributed by atoms with Crippen molar-refractivity contribution in [2.45, 2.75) is 13.8 Å². The van der Waals surface area contributed by atoms with E-state index in [0.717, 1.165) is 34.3 Å². The molecule has 0 aliphatic heterocycles. The first-order valence-electron chi connectivity index (χ1n) is 5.35. The minimum atomic E-state index is 0.537. The molecule has 3 nitrogen and oxygen atoms in total. The summed E-state index contributed by atoms with van der Waals surface area (Å²) in [7, 11) is 0. The monoisotopic (exact) mass is 297 g/mol. The summed E-state index contributed by atoms with van der Waals surface area (Å²) in [4.78, 5) is 0. The van der Waals surface area contributed by atoms with Gasteiger partial charge < -0.3 is 4.57 Å². The Hall–Kier alpha value is -1.10. The van der Waals surface area contributed by atoms with Crippen LogP contribution in [-0.4, -0.2) is 13.3 Å². The van der Waals surface area contributed by atoms with E-state index in [9.17, 15) is 0 Å². The molecule has 0 saturated heterocycles. The van der Waals surface area contributed by atoms with Gasteiger partial charge in [-0.1, -0.05) is 23.2 Å². The summed E-state index contributed by atoms with van der Waals surface area (Å²) in [5.74, 6) is 0. The molecule has 0 saturated carbocycles. The van der Waals surface area contributed by atoms with E-state index in [4.69, 9.17) is 23.2 Å². The van der Waals surface area contributed by atoms with Gasteiger partial charge in [0, 0.05) is 11.4 Å². The summed E-state index contributed by atoms with van der Waals surface area (Å²) in [5, 5.41) is 1.12.